The Morgan fingerprint density at radius 2 is 1.84 bits per heavy atom. The maximum Gasteiger partial charge on any atom is 0.233 e. The van der Waals surface area contributed by atoms with E-state index in [1.54, 1.807) is 12.1 Å². The second kappa shape index (κ2) is 7.20. The third-order valence-corrected chi connectivity index (χ3v) is 6.07. The number of fused-ring (bicyclic) bond motifs is 1. The molecule has 1 amide bonds. The van der Waals surface area contributed by atoms with Crippen LogP contribution in [0.15, 0.2) is 53.4 Å². The van der Waals surface area contributed by atoms with E-state index >= 15 is 0 Å². The summed E-state index contributed by atoms with van der Waals surface area (Å²) in [5, 5.41) is 0. The second-order valence-corrected chi connectivity index (χ2v) is 7.93. The van der Waals surface area contributed by atoms with Crippen LogP contribution in [0.2, 0.25) is 0 Å². The molecule has 25 heavy (non-hydrogen) atoms. The topological polar surface area (TPSA) is 20.3 Å². The molecule has 1 fully saturated rings. The average molecular weight is 355 g/mol. The predicted octanol–water partition coefficient (Wildman–Crippen LogP) is 4.99. The summed E-state index contributed by atoms with van der Waals surface area (Å²) >= 11 is 1.50. The lowest BCUT2D eigenvalue weighted by Crippen LogP contribution is -2.39. The summed E-state index contributed by atoms with van der Waals surface area (Å²) in [4.78, 5) is 16.1. The molecule has 2 aliphatic carbocycles. The van der Waals surface area contributed by atoms with Gasteiger partial charge in [0.2, 0.25) is 5.91 Å². The van der Waals surface area contributed by atoms with Gasteiger partial charge in [-0.25, -0.2) is 4.39 Å². The molecule has 0 heterocycles. The molecule has 0 bridgehead atoms. The van der Waals surface area contributed by atoms with Crippen LogP contribution >= 0.6 is 11.8 Å². The van der Waals surface area contributed by atoms with Crippen molar-refractivity contribution in [2.75, 3.05) is 5.75 Å². The summed E-state index contributed by atoms with van der Waals surface area (Å²) < 4.78 is 13.0. The van der Waals surface area contributed by atoms with Gasteiger partial charge in [0, 0.05) is 10.9 Å². The van der Waals surface area contributed by atoms with Crippen molar-refractivity contribution in [1.82, 2.24) is 4.90 Å². The number of rotatable bonds is 5. The summed E-state index contributed by atoms with van der Waals surface area (Å²) in [7, 11) is 0. The van der Waals surface area contributed by atoms with E-state index in [9.17, 15) is 9.18 Å². The molecule has 2 aromatic carbocycles. The Hall–Kier alpha value is -1.81. The number of hydrogen-bond donors (Lipinski definition) is 0. The Morgan fingerprint density at radius 1 is 1.08 bits per heavy atom. The fraction of sp³-hybridized carbons (Fsp3) is 0.381. The normalized spacial score (nSPS) is 19.3. The molecule has 0 spiro atoms. The van der Waals surface area contributed by atoms with E-state index < -0.39 is 0 Å². The Labute approximate surface area is 152 Å². The number of benzene rings is 2. The van der Waals surface area contributed by atoms with Crippen LogP contribution < -0.4 is 0 Å². The molecular formula is C21H22FNOS. The number of aryl methyl sites for hydroxylation is 1. The molecule has 4 heteroatoms. The first-order valence-corrected chi connectivity index (χ1v) is 9.98. The molecule has 0 N–H and O–H groups in total. The summed E-state index contributed by atoms with van der Waals surface area (Å²) in [5.41, 5.74) is 2.73. The summed E-state index contributed by atoms with van der Waals surface area (Å²) in [6.45, 7) is 0. The van der Waals surface area contributed by atoms with Gasteiger partial charge in [-0.3, -0.25) is 4.79 Å². The highest BCUT2D eigenvalue weighted by Gasteiger charge is 2.39. The van der Waals surface area contributed by atoms with Gasteiger partial charge in [0.05, 0.1) is 11.8 Å². The first-order chi connectivity index (χ1) is 12.2. The Bertz CT molecular complexity index is 757. The molecule has 2 aromatic rings. The van der Waals surface area contributed by atoms with Gasteiger partial charge in [0.1, 0.15) is 5.82 Å². The highest BCUT2D eigenvalue weighted by molar-refractivity contribution is 8.00. The van der Waals surface area contributed by atoms with Crippen molar-refractivity contribution in [3.8, 4) is 0 Å². The second-order valence-electron chi connectivity index (χ2n) is 6.88. The van der Waals surface area contributed by atoms with Crippen molar-refractivity contribution < 1.29 is 9.18 Å². The number of nitrogens with zero attached hydrogens (tertiary/aromatic N) is 1. The molecule has 0 aliphatic heterocycles. The van der Waals surface area contributed by atoms with Gasteiger partial charge in [-0.15, -0.1) is 11.8 Å². The lowest BCUT2D eigenvalue weighted by molar-refractivity contribution is -0.131. The van der Waals surface area contributed by atoms with Crippen LogP contribution in [0.5, 0.6) is 0 Å². The fourth-order valence-electron chi connectivity index (χ4n) is 3.75. The SMILES string of the molecule is O=C(CSc1ccc(F)cc1)N(C1CC1)C1CCCc2ccccc21. The van der Waals surface area contributed by atoms with Gasteiger partial charge in [0.15, 0.2) is 0 Å². The smallest absolute Gasteiger partial charge is 0.233 e. The highest BCUT2D eigenvalue weighted by Crippen LogP contribution is 2.41. The monoisotopic (exact) mass is 355 g/mol. The van der Waals surface area contributed by atoms with E-state index in [0.29, 0.717) is 11.8 Å². The van der Waals surface area contributed by atoms with Crippen molar-refractivity contribution in [3.63, 3.8) is 0 Å². The first-order valence-electron chi connectivity index (χ1n) is 9.00. The van der Waals surface area contributed by atoms with E-state index in [0.717, 1.165) is 37.0 Å². The van der Waals surface area contributed by atoms with Crippen LogP contribution in [-0.2, 0) is 11.2 Å². The van der Waals surface area contributed by atoms with Gasteiger partial charge in [-0.05, 0) is 67.5 Å². The van der Waals surface area contributed by atoms with Gasteiger partial charge in [-0.1, -0.05) is 24.3 Å². The Kier molecular flexibility index (Phi) is 4.80. The van der Waals surface area contributed by atoms with Crippen molar-refractivity contribution >= 4 is 17.7 Å². The van der Waals surface area contributed by atoms with Crippen molar-refractivity contribution in [1.29, 1.82) is 0 Å². The fourth-order valence-corrected chi connectivity index (χ4v) is 4.52. The van der Waals surface area contributed by atoms with Crippen molar-refractivity contribution in [3.05, 3.63) is 65.5 Å². The molecule has 0 aromatic heterocycles. The van der Waals surface area contributed by atoms with Crippen LogP contribution in [0.3, 0.4) is 0 Å². The molecule has 4 rings (SSSR count). The van der Waals surface area contributed by atoms with E-state index in [2.05, 4.69) is 29.2 Å². The maximum atomic E-state index is 13.0. The zero-order valence-corrected chi connectivity index (χ0v) is 15.0. The molecule has 1 saturated carbocycles. The number of carbonyl (C=O) groups is 1. The first kappa shape index (κ1) is 16.6. The lowest BCUT2D eigenvalue weighted by atomic mass is 9.86. The average Bonchev–Trinajstić information content (AvgIpc) is 3.47. The number of hydrogen-bond acceptors (Lipinski definition) is 2. The molecule has 0 radical (unpaired) electrons. The van der Waals surface area contributed by atoms with Gasteiger partial charge < -0.3 is 4.90 Å². The van der Waals surface area contributed by atoms with Crippen LogP contribution in [0, 0.1) is 5.82 Å². The van der Waals surface area contributed by atoms with Crippen LogP contribution in [-0.4, -0.2) is 22.6 Å². The van der Waals surface area contributed by atoms with Gasteiger partial charge in [0.25, 0.3) is 0 Å². The number of amides is 1. The number of halogens is 1. The molecule has 1 unspecified atom stereocenters. The molecule has 0 saturated heterocycles. The quantitative estimate of drug-likeness (QED) is 0.705. The number of thioether (sulfide) groups is 1. The molecule has 130 valence electrons. The van der Waals surface area contributed by atoms with Crippen LogP contribution in [0.1, 0.15) is 42.9 Å². The molecular weight excluding hydrogens is 333 g/mol. The summed E-state index contributed by atoms with van der Waals surface area (Å²) in [5.74, 6) is 0.383. The lowest BCUT2D eigenvalue weighted by Gasteiger charge is -2.36. The van der Waals surface area contributed by atoms with Gasteiger partial charge in [-0.2, -0.15) is 0 Å². The van der Waals surface area contributed by atoms with Crippen LogP contribution in [0.25, 0.3) is 0 Å². The molecule has 1 atom stereocenters. The Balaban J connectivity index is 1.50. The highest BCUT2D eigenvalue weighted by atomic mass is 32.2. The minimum atomic E-state index is -0.242. The van der Waals surface area contributed by atoms with E-state index in [4.69, 9.17) is 0 Å². The van der Waals surface area contributed by atoms with E-state index in [1.165, 1.54) is 35.0 Å². The van der Waals surface area contributed by atoms with E-state index in [1.807, 2.05) is 0 Å². The zero-order chi connectivity index (χ0) is 17.2. The number of carbonyl (C=O) groups excluding carboxylic acids is 1. The van der Waals surface area contributed by atoms with Crippen LogP contribution in [0.4, 0.5) is 4.39 Å². The third-order valence-electron chi connectivity index (χ3n) is 5.08. The summed E-state index contributed by atoms with van der Waals surface area (Å²) in [6, 6.07) is 15.6. The molecule has 2 nitrogen and oxygen atoms in total. The minimum Gasteiger partial charge on any atom is -0.332 e. The third kappa shape index (κ3) is 3.74. The van der Waals surface area contributed by atoms with Crippen molar-refractivity contribution in [2.45, 2.75) is 49.1 Å². The predicted molar refractivity (Wildman–Crippen MR) is 99.1 cm³/mol. The molecule has 2 aliphatic rings. The van der Waals surface area contributed by atoms with E-state index in [-0.39, 0.29) is 17.8 Å². The Morgan fingerprint density at radius 3 is 2.60 bits per heavy atom. The minimum absolute atomic E-state index is 0.207. The largest absolute Gasteiger partial charge is 0.332 e. The van der Waals surface area contributed by atoms with Gasteiger partial charge >= 0.3 is 0 Å². The standard InChI is InChI=1S/C21H22FNOS/c22-16-8-12-18(13-9-16)25-14-21(24)23(17-10-11-17)20-7-3-5-15-4-1-2-6-19(15)20/h1-2,4,6,8-9,12-13,17,20H,3,5,7,10-11,14H2. The zero-order valence-electron chi connectivity index (χ0n) is 14.2. The maximum absolute atomic E-state index is 13.0. The van der Waals surface area contributed by atoms with Crippen molar-refractivity contribution in [2.24, 2.45) is 0 Å². The summed E-state index contributed by atoms with van der Waals surface area (Å²) in [6.07, 6.45) is 5.55.